The average molecular weight is 416 g/mol. The molecule has 0 N–H and O–H groups in total. The third kappa shape index (κ3) is 4.36. The number of ether oxygens (including phenoxy) is 3. The van der Waals surface area contributed by atoms with Crippen LogP contribution in [-0.4, -0.2) is 44.7 Å². The van der Waals surface area contributed by atoms with Gasteiger partial charge in [-0.15, -0.1) is 0 Å². The van der Waals surface area contributed by atoms with Gasteiger partial charge in [-0.25, -0.2) is 0 Å². The van der Waals surface area contributed by atoms with Crippen molar-refractivity contribution in [2.24, 2.45) is 5.92 Å². The number of rotatable bonds is 9. The van der Waals surface area contributed by atoms with E-state index in [0.29, 0.717) is 0 Å². The summed E-state index contributed by atoms with van der Waals surface area (Å²) in [5, 5.41) is 0. The monoisotopic (exact) mass is 415 g/mol. The number of unbranched alkanes of at least 4 members (excludes halogenated alkanes) is 1. The zero-order chi connectivity index (χ0) is 21.7. The van der Waals surface area contributed by atoms with Crippen molar-refractivity contribution in [3.05, 3.63) is 35.6 Å². The lowest BCUT2D eigenvalue weighted by molar-refractivity contribution is -0.145. The summed E-state index contributed by atoms with van der Waals surface area (Å²) in [5.74, 6) is 2.30. The zero-order valence-corrected chi connectivity index (χ0v) is 19.2. The van der Waals surface area contributed by atoms with Crippen LogP contribution in [0.15, 0.2) is 30.0 Å². The molecule has 0 aromatic heterocycles. The summed E-state index contributed by atoms with van der Waals surface area (Å²) < 4.78 is 16.9. The van der Waals surface area contributed by atoms with Gasteiger partial charge in [0.25, 0.3) is 0 Å². The van der Waals surface area contributed by atoms with E-state index in [-0.39, 0.29) is 23.3 Å². The number of carbonyl (C=O) groups excluding carboxylic acids is 1. The fourth-order valence-electron chi connectivity index (χ4n) is 5.09. The molecular weight excluding hydrogens is 378 g/mol. The quantitative estimate of drug-likeness (QED) is 0.526. The van der Waals surface area contributed by atoms with E-state index in [4.69, 9.17) is 14.2 Å². The van der Waals surface area contributed by atoms with E-state index in [1.807, 2.05) is 6.07 Å². The number of fused-ring (bicyclic) bond motifs is 1. The maximum absolute atomic E-state index is 12.7. The average Bonchev–Trinajstić information content (AvgIpc) is 3.11. The summed E-state index contributed by atoms with van der Waals surface area (Å²) >= 11 is 0. The van der Waals surface area contributed by atoms with Crippen molar-refractivity contribution in [3.8, 4) is 11.5 Å². The number of benzene rings is 1. The highest BCUT2D eigenvalue weighted by atomic mass is 16.5. The van der Waals surface area contributed by atoms with Crippen LogP contribution >= 0.6 is 0 Å². The molecule has 0 bridgehead atoms. The predicted molar refractivity (Wildman–Crippen MR) is 119 cm³/mol. The number of methoxy groups -OCH3 is 2. The second-order valence-corrected chi connectivity index (χ2v) is 8.70. The van der Waals surface area contributed by atoms with Gasteiger partial charge < -0.3 is 14.2 Å². The molecule has 2 unspecified atom stereocenters. The molecule has 3 atom stereocenters. The number of nitrogens with zero attached hydrogens (tertiary/aromatic N) is 1. The number of hydrogen-bond donors (Lipinski definition) is 0. The van der Waals surface area contributed by atoms with Gasteiger partial charge in [0.05, 0.1) is 20.1 Å². The number of allylic oxidation sites excluding steroid dienone is 1. The van der Waals surface area contributed by atoms with Crippen molar-refractivity contribution in [2.45, 2.75) is 70.3 Å². The van der Waals surface area contributed by atoms with Gasteiger partial charge in [-0.3, -0.25) is 9.69 Å². The minimum absolute atomic E-state index is 0.00434. The molecule has 166 valence electrons. The molecule has 5 heteroatoms. The highest BCUT2D eigenvalue weighted by Gasteiger charge is 2.48. The van der Waals surface area contributed by atoms with Gasteiger partial charge in [0.15, 0.2) is 11.5 Å². The summed E-state index contributed by atoms with van der Waals surface area (Å²) in [7, 11) is 5.50. The van der Waals surface area contributed by atoms with Crippen LogP contribution in [0, 0.1) is 5.92 Å². The lowest BCUT2D eigenvalue weighted by atomic mass is 9.68. The van der Waals surface area contributed by atoms with Crippen LogP contribution in [0.1, 0.15) is 64.4 Å². The molecule has 2 aliphatic rings. The maximum atomic E-state index is 12.7. The Hall–Kier alpha value is -2.01. The normalized spacial score (nSPS) is 24.7. The third-order valence-electron chi connectivity index (χ3n) is 7.04. The van der Waals surface area contributed by atoms with Gasteiger partial charge in [-0.1, -0.05) is 32.8 Å². The standard InChI is InChI=1S/C25H37NO4/c1-6-8-9-18(7-2)24(27)30-20-12-13-25(14-15-26(3)23(25)17-20)19-10-11-21(28-4)22(16-19)29-5/h10-11,16-18,23H,6-9,12-15H2,1-5H3/t18?,23?,25-/m0/s1. The Kier molecular flexibility index (Phi) is 7.45. The van der Waals surface area contributed by atoms with Gasteiger partial charge in [-0.2, -0.15) is 0 Å². The molecule has 1 saturated heterocycles. The summed E-state index contributed by atoms with van der Waals surface area (Å²) in [5.41, 5.74) is 1.28. The Labute approximate surface area is 181 Å². The molecule has 1 heterocycles. The van der Waals surface area contributed by atoms with Gasteiger partial charge in [0, 0.05) is 17.9 Å². The van der Waals surface area contributed by atoms with Crippen molar-refractivity contribution < 1.29 is 19.0 Å². The van der Waals surface area contributed by atoms with Crippen molar-refractivity contribution in [1.82, 2.24) is 4.90 Å². The summed E-state index contributed by atoms with van der Waals surface area (Å²) in [6.07, 6.45) is 8.95. The van der Waals surface area contributed by atoms with Gasteiger partial charge >= 0.3 is 5.97 Å². The maximum Gasteiger partial charge on any atom is 0.313 e. The first-order valence-electron chi connectivity index (χ1n) is 11.3. The molecular formula is C25H37NO4. The molecule has 1 aliphatic carbocycles. The molecule has 1 aliphatic heterocycles. The van der Waals surface area contributed by atoms with Crippen molar-refractivity contribution >= 4 is 5.97 Å². The lowest BCUT2D eigenvalue weighted by Gasteiger charge is -2.40. The second kappa shape index (κ2) is 9.86. The Morgan fingerprint density at radius 3 is 2.63 bits per heavy atom. The van der Waals surface area contributed by atoms with Gasteiger partial charge in [-0.05, 0) is 63.0 Å². The predicted octanol–water partition coefficient (Wildman–Crippen LogP) is 5.08. The minimum atomic E-state index is -0.0588. The van der Waals surface area contributed by atoms with Gasteiger partial charge in [0.2, 0.25) is 0 Å². The molecule has 0 amide bonds. The number of likely N-dealkylation sites (N-methyl/N-ethyl adjacent to an activating group) is 1. The fraction of sp³-hybridized carbons (Fsp3) is 0.640. The van der Waals surface area contributed by atoms with Crippen LogP contribution in [-0.2, 0) is 14.9 Å². The van der Waals surface area contributed by atoms with E-state index in [2.05, 4.69) is 44.0 Å². The van der Waals surface area contributed by atoms with Crippen molar-refractivity contribution in [2.75, 3.05) is 27.8 Å². The Balaban J connectivity index is 1.83. The smallest absolute Gasteiger partial charge is 0.313 e. The van der Waals surface area contributed by atoms with Crippen molar-refractivity contribution in [3.63, 3.8) is 0 Å². The zero-order valence-electron chi connectivity index (χ0n) is 19.2. The number of esters is 1. The first kappa shape index (κ1) is 22.7. The Bertz CT molecular complexity index is 774. The molecule has 0 spiro atoms. The molecule has 1 aromatic rings. The topological polar surface area (TPSA) is 48.0 Å². The van der Waals surface area contributed by atoms with Crippen LogP contribution in [0.25, 0.3) is 0 Å². The fourth-order valence-corrected chi connectivity index (χ4v) is 5.09. The molecule has 1 fully saturated rings. The van der Waals surface area contributed by atoms with E-state index in [9.17, 15) is 4.79 Å². The molecule has 30 heavy (non-hydrogen) atoms. The molecule has 0 radical (unpaired) electrons. The molecule has 3 rings (SSSR count). The molecule has 0 saturated carbocycles. The molecule has 1 aromatic carbocycles. The van der Waals surface area contributed by atoms with E-state index >= 15 is 0 Å². The molecule has 5 nitrogen and oxygen atoms in total. The number of carbonyl (C=O) groups is 1. The number of likely N-dealkylation sites (tertiary alicyclic amines) is 1. The van der Waals surface area contributed by atoms with Crippen molar-refractivity contribution in [1.29, 1.82) is 0 Å². The van der Waals surface area contributed by atoms with Crippen LogP contribution < -0.4 is 9.47 Å². The summed E-state index contributed by atoms with van der Waals surface area (Å²) in [6.45, 7) is 5.25. The van der Waals surface area contributed by atoms with E-state index in [1.54, 1.807) is 14.2 Å². The summed E-state index contributed by atoms with van der Waals surface area (Å²) in [6, 6.07) is 6.49. The highest BCUT2D eigenvalue weighted by Crippen LogP contribution is 2.49. The highest BCUT2D eigenvalue weighted by molar-refractivity contribution is 5.73. The summed E-state index contributed by atoms with van der Waals surface area (Å²) in [4.78, 5) is 15.1. The Morgan fingerprint density at radius 1 is 1.20 bits per heavy atom. The largest absolute Gasteiger partial charge is 0.493 e. The first-order valence-corrected chi connectivity index (χ1v) is 11.3. The van der Waals surface area contributed by atoms with Crippen LogP contribution in [0.5, 0.6) is 11.5 Å². The van der Waals surface area contributed by atoms with Crippen LogP contribution in [0.2, 0.25) is 0 Å². The second-order valence-electron chi connectivity index (χ2n) is 8.70. The SMILES string of the molecule is CCCCC(CC)C(=O)OC1=CC2N(C)CC[C@]2(c2ccc(OC)c(OC)c2)CC1. The van der Waals surface area contributed by atoms with Crippen LogP contribution in [0.3, 0.4) is 0 Å². The third-order valence-corrected chi connectivity index (χ3v) is 7.04. The van der Waals surface area contributed by atoms with E-state index < -0.39 is 0 Å². The van der Waals surface area contributed by atoms with E-state index in [1.165, 1.54) is 5.56 Å². The van der Waals surface area contributed by atoms with E-state index in [0.717, 1.165) is 68.7 Å². The lowest BCUT2D eigenvalue weighted by Crippen LogP contribution is -2.42. The Morgan fingerprint density at radius 2 is 1.97 bits per heavy atom. The first-order chi connectivity index (χ1) is 14.5. The van der Waals surface area contributed by atoms with Gasteiger partial charge in [0.1, 0.15) is 5.76 Å². The number of hydrogen-bond acceptors (Lipinski definition) is 5. The minimum Gasteiger partial charge on any atom is -0.493 e. The van der Waals surface area contributed by atoms with Crippen LogP contribution in [0.4, 0.5) is 0 Å².